The zero-order valence-electron chi connectivity index (χ0n) is 14.8. The molecule has 4 rings (SSSR count). The van der Waals surface area contributed by atoms with E-state index >= 15 is 0 Å². The summed E-state index contributed by atoms with van der Waals surface area (Å²) in [7, 11) is 0. The fraction of sp³-hybridized carbons (Fsp3) is 0.444. The van der Waals surface area contributed by atoms with Crippen LogP contribution < -0.4 is 0 Å². The highest BCUT2D eigenvalue weighted by Gasteiger charge is 2.32. The van der Waals surface area contributed by atoms with Gasteiger partial charge in [0, 0.05) is 45.3 Å². The van der Waals surface area contributed by atoms with Crippen LogP contribution in [0.2, 0.25) is 0 Å². The number of likely N-dealkylation sites (tertiary alicyclic amines) is 1. The van der Waals surface area contributed by atoms with Crippen LogP contribution >= 0.6 is 11.3 Å². The maximum Gasteiger partial charge on any atom is 0.312 e. The largest absolute Gasteiger partial charge is 0.355 e. The van der Waals surface area contributed by atoms with Gasteiger partial charge in [-0.05, 0) is 24.3 Å². The first-order valence-electron chi connectivity index (χ1n) is 9.01. The van der Waals surface area contributed by atoms with Crippen LogP contribution in [0, 0.1) is 0 Å². The highest BCUT2D eigenvalue weighted by atomic mass is 32.1. The molecule has 0 atom stereocenters. The molecule has 0 unspecified atom stereocenters. The summed E-state index contributed by atoms with van der Waals surface area (Å²) in [6.07, 6.45) is 1.90. The number of amides is 3. The molecule has 0 radical (unpaired) electrons. The first-order chi connectivity index (χ1) is 13.1. The Hall–Kier alpha value is -2.68. The Bertz CT molecular complexity index is 833. The van der Waals surface area contributed by atoms with Gasteiger partial charge in [0.2, 0.25) is 0 Å². The van der Waals surface area contributed by atoms with Crippen LogP contribution in [0.15, 0.2) is 28.1 Å². The lowest BCUT2D eigenvalue weighted by atomic mass is 10.2. The molecule has 2 saturated heterocycles. The second-order valence-corrected chi connectivity index (χ2v) is 7.59. The molecule has 2 aromatic heterocycles. The van der Waals surface area contributed by atoms with Crippen LogP contribution in [-0.4, -0.2) is 76.8 Å². The van der Waals surface area contributed by atoms with E-state index in [1.54, 1.807) is 15.9 Å². The van der Waals surface area contributed by atoms with Crippen LogP contribution in [0.3, 0.4) is 0 Å². The zero-order chi connectivity index (χ0) is 18.8. The molecule has 0 aromatic carbocycles. The molecule has 0 spiro atoms. The number of carbonyl (C=O) groups is 3. The van der Waals surface area contributed by atoms with Crippen molar-refractivity contribution in [3.05, 3.63) is 29.3 Å². The molecular weight excluding hydrogens is 368 g/mol. The molecule has 4 heterocycles. The number of hydrogen-bond acceptors (Lipinski definition) is 6. The van der Waals surface area contributed by atoms with Crippen LogP contribution in [-0.2, 0) is 9.59 Å². The van der Waals surface area contributed by atoms with Gasteiger partial charge < -0.3 is 19.2 Å². The van der Waals surface area contributed by atoms with Gasteiger partial charge in [0.1, 0.15) is 0 Å². The summed E-state index contributed by atoms with van der Waals surface area (Å²) in [5.74, 6) is -0.548. The lowest BCUT2D eigenvalue weighted by Gasteiger charge is -2.34. The summed E-state index contributed by atoms with van der Waals surface area (Å²) in [5.41, 5.74) is 0.256. The minimum Gasteiger partial charge on any atom is -0.355 e. The van der Waals surface area contributed by atoms with E-state index in [1.165, 1.54) is 16.2 Å². The first kappa shape index (κ1) is 17.7. The number of nitrogens with zero attached hydrogens (tertiary/aromatic N) is 4. The summed E-state index contributed by atoms with van der Waals surface area (Å²) >= 11 is 1.51. The second-order valence-electron chi connectivity index (χ2n) is 6.64. The lowest BCUT2D eigenvalue weighted by molar-refractivity contribution is -0.152. The average Bonchev–Trinajstić information content (AvgIpc) is 3.47. The smallest absolute Gasteiger partial charge is 0.312 e. The van der Waals surface area contributed by atoms with Crippen molar-refractivity contribution in [1.82, 2.24) is 19.9 Å². The number of carbonyl (C=O) groups excluding carboxylic acids is 3. The van der Waals surface area contributed by atoms with Gasteiger partial charge in [-0.15, -0.1) is 11.3 Å². The topological polar surface area (TPSA) is 87.0 Å². The van der Waals surface area contributed by atoms with E-state index < -0.39 is 11.8 Å². The van der Waals surface area contributed by atoms with Gasteiger partial charge in [0.05, 0.1) is 4.88 Å². The summed E-state index contributed by atoms with van der Waals surface area (Å²) < 4.78 is 5.27. The van der Waals surface area contributed by atoms with Gasteiger partial charge in [0.25, 0.3) is 5.91 Å². The number of hydrogen-bond donors (Lipinski definition) is 0. The minimum absolute atomic E-state index is 0.223. The second kappa shape index (κ2) is 7.51. The monoisotopic (exact) mass is 388 g/mol. The van der Waals surface area contributed by atoms with Crippen molar-refractivity contribution >= 4 is 29.1 Å². The van der Waals surface area contributed by atoms with Gasteiger partial charge in [0.15, 0.2) is 11.5 Å². The Kier molecular flexibility index (Phi) is 4.93. The van der Waals surface area contributed by atoms with Crippen molar-refractivity contribution in [3.63, 3.8) is 0 Å². The first-order valence-corrected chi connectivity index (χ1v) is 9.89. The Morgan fingerprint density at radius 3 is 2.19 bits per heavy atom. The van der Waals surface area contributed by atoms with Crippen molar-refractivity contribution in [3.8, 4) is 10.6 Å². The van der Waals surface area contributed by atoms with Gasteiger partial charge in [-0.25, -0.2) is 0 Å². The van der Waals surface area contributed by atoms with E-state index in [1.807, 2.05) is 17.5 Å². The summed E-state index contributed by atoms with van der Waals surface area (Å²) in [5, 5.41) is 5.81. The molecule has 0 N–H and O–H groups in total. The summed E-state index contributed by atoms with van der Waals surface area (Å²) in [6.45, 7) is 2.75. The Morgan fingerprint density at radius 2 is 1.56 bits per heavy atom. The standard InChI is InChI=1S/C18H20N4O4S/c23-16(13-12-14(26-19-13)15-4-3-11-27-15)21-7-9-22(10-8-21)18(25)17(24)20-5-1-2-6-20/h3-4,11-12H,1-2,5-10H2. The summed E-state index contributed by atoms with van der Waals surface area (Å²) in [4.78, 5) is 42.9. The number of thiophene rings is 1. The molecule has 2 fully saturated rings. The van der Waals surface area contributed by atoms with E-state index in [-0.39, 0.29) is 11.6 Å². The lowest BCUT2D eigenvalue weighted by Crippen LogP contribution is -2.54. The van der Waals surface area contributed by atoms with Gasteiger partial charge in [-0.3, -0.25) is 14.4 Å². The molecule has 3 amide bonds. The molecule has 0 aliphatic carbocycles. The normalized spacial score (nSPS) is 17.4. The third kappa shape index (κ3) is 3.59. The highest BCUT2D eigenvalue weighted by Crippen LogP contribution is 2.25. The van der Waals surface area contributed by atoms with Crippen LogP contribution in [0.4, 0.5) is 0 Å². The van der Waals surface area contributed by atoms with E-state index in [0.29, 0.717) is 45.0 Å². The third-order valence-electron chi connectivity index (χ3n) is 4.92. The molecule has 0 saturated carbocycles. The van der Waals surface area contributed by atoms with Crippen molar-refractivity contribution in [1.29, 1.82) is 0 Å². The number of piperazine rings is 1. The molecule has 142 valence electrons. The molecule has 8 nitrogen and oxygen atoms in total. The highest BCUT2D eigenvalue weighted by molar-refractivity contribution is 7.13. The number of aromatic nitrogens is 1. The SMILES string of the molecule is O=C(C(=O)N1CCN(C(=O)c2cc(-c3cccs3)on2)CC1)N1CCCC1. The Labute approximate surface area is 160 Å². The predicted molar refractivity (Wildman–Crippen MR) is 98.1 cm³/mol. The van der Waals surface area contributed by atoms with Crippen molar-refractivity contribution < 1.29 is 18.9 Å². The van der Waals surface area contributed by atoms with Crippen LogP contribution in [0.25, 0.3) is 10.6 Å². The molecule has 0 bridgehead atoms. The Morgan fingerprint density at radius 1 is 0.926 bits per heavy atom. The molecule has 2 aliphatic heterocycles. The van der Waals surface area contributed by atoms with Gasteiger partial charge in [-0.1, -0.05) is 11.2 Å². The fourth-order valence-corrected chi connectivity index (χ4v) is 4.05. The quantitative estimate of drug-likeness (QED) is 0.724. The van der Waals surface area contributed by atoms with Crippen molar-refractivity contribution in [2.45, 2.75) is 12.8 Å². The Balaban J connectivity index is 1.34. The molecule has 27 heavy (non-hydrogen) atoms. The predicted octanol–water partition coefficient (Wildman–Crippen LogP) is 1.31. The third-order valence-corrected chi connectivity index (χ3v) is 5.81. The average molecular weight is 388 g/mol. The molecule has 2 aromatic rings. The molecule has 9 heteroatoms. The van der Waals surface area contributed by atoms with E-state index in [9.17, 15) is 14.4 Å². The maximum atomic E-state index is 12.6. The van der Waals surface area contributed by atoms with E-state index in [2.05, 4.69) is 5.16 Å². The zero-order valence-corrected chi connectivity index (χ0v) is 15.6. The van der Waals surface area contributed by atoms with Gasteiger partial charge in [-0.2, -0.15) is 0 Å². The molecule has 2 aliphatic rings. The molecular formula is C18H20N4O4S. The fourth-order valence-electron chi connectivity index (χ4n) is 3.38. The minimum atomic E-state index is -0.467. The van der Waals surface area contributed by atoms with Crippen molar-refractivity contribution in [2.24, 2.45) is 0 Å². The summed E-state index contributed by atoms with van der Waals surface area (Å²) in [6, 6.07) is 5.45. The van der Waals surface area contributed by atoms with E-state index in [4.69, 9.17) is 4.52 Å². The van der Waals surface area contributed by atoms with Crippen molar-refractivity contribution in [2.75, 3.05) is 39.3 Å². The van der Waals surface area contributed by atoms with Gasteiger partial charge >= 0.3 is 11.8 Å². The number of rotatable bonds is 2. The maximum absolute atomic E-state index is 12.6. The van der Waals surface area contributed by atoms with Crippen LogP contribution in [0.5, 0.6) is 0 Å². The van der Waals surface area contributed by atoms with E-state index in [0.717, 1.165) is 17.7 Å². The van der Waals surface area contributed by atoms with Crippen LogP contribution in [0.1, 0.15) is 23.3 Å².